The van der Waals surface area contributed by atoms with E-state index in [4.69, 9.17) is 15.2 Å². The number of amides is 1. The van der Waals surface area contributed by atoms with Gasteiger partial charge in [0.05, 0.1) is 12.7 Å². The molecule has 0 aliphatic heterocycles. The molecule has 0 saturated heterocycles. The van der Waals surface area contributed by atoms with E-state index in [2.05, 4.69) is 53.2 Å². The van der Waals surface area contributed by atoms with Gasteiger partial charge in [0.25, 0.3) is 0 Å². The SMILES string of the molecule is COCc1ccc(-c2ccc(N(C[C@@H](N)[C@@H](C)OC)C(=O)[C@@H]3C[C@H]3c3ccsc3)cc2)cc1. The molecule has 174 valence electrons. The number of ether oxygens (including phenoxy) is 2. The summed E-state index contributed by atoms with van der Waals surface area (Å²) in [4.78, 5) is 15.4. The molecule has 1 aliphatic rings. The van der Waals surface area contributed by atoms with Gasteiger partial charge in [-0.15, -0.1) is 0 Å². The lowest BCUT2D eigenvalue weighted by molar-refractivity contribution is -0.120. The average molecular weight is 465 g/mol. The van der Waals surface area contributed by atoms with Crippen LogP contribution in [0.15, 0.2) is 65.4 Å². The molecule has 5 nitrogen and oxygen atoms in total. The Morgan fingerprint density at radius 2 is 1.76 bits per heavy atom. The highest BCUT2D eigenvalue weighted by atomic mass is 32.1. The molecule has 2 aromatic carbocycles. The van der Waals surface area contributed by atoms with Gasteiger partial charge in [0.15, 0.2) is 0 Å². The third-order valence-corrected chi connectivity index (χ3v) is 7.19. The van der Waals surface area contributed by atoms with Gasteiger partial charge >= 0.3 is 0 Å². The first-order valence-corrected chi connectivity index (χ1v) is 12.3. The van der Waals surface area contributed by atoms with Crippen LogP contribution in [0.5, 0.6) is 0 Å². The van der Waals surface area contributed by atoms with E-state index >= 15 is 0 Å². The molecule has 1 heterocycles. The Hall–Kier alpha value is -2.51. The second-order valence-corrected chi connectivity index (χ2v) is 9.52. The smallest absolute Gasteiger partial charge is 0.230 e. The zero-order valence-electron chi connectivity index (χ0n) is 19.4. The van der Waals surface area contributed by atoms with E-state index in [1.54, 1.807) is 25.6 Å². The molecule has 1 aromatic heterocycles. The quantitative estimate of drug-likeness (QED) is 0.455. The molecule has 0 radical (unpaired) electrons. The maximum Gasteiger partial charge on any atom is 0.230 e. The Balaban J connectivity index is 1.54. The van der Waals surface area contributed by atoms with Gasteiger partial charge in [-0.2, -0.15) is 11.3 Å². The van der Waals surface area contributed by atoms with Crippen molar-refractivity contribution >= 4 is 22.9 Å². The number of hydrogen-bond donors (Lipinski definition) is 1. The second kappa shape index (κ2) is 10.6. The van der Waals surface area contributed by atoms with Gasteiger partial charge in [0.2, 0.25) is 5.91 Å². The number of carbonyl (C=O) groups excluding carboxylic acids is 1. The van der Waals surface area contributed by atoms with Gasteiger partial charge < -0.3 is 20.1 Å². The van der Waals surface area contributed by atoms with Crippen LogP contribution in [-0.4, -0.2) is 38.8 Å². The summed E-state index contributed by atoms with van der Waals surface area (Å²) in [6.45, 7) is 2.96. The van der Waals surface area contributed by atoms with Crippen molar-refractivity contribution in [2.45, 2.75) is 38.0 Å². The second-order valence-electron chi connectivity index (χ2n) is 8.74. The lowest BCUT2D eigenvalue weighted by Gasteiger charge is -2.29. The molecule has 1 fully saturated rings. The molecule has 1 amide bonds. The Morgan fingerprint density at radius 3 is 2.33 bits per heavy atom. The third kappa shape index (κ3) is 5.53. The lowest BCUT2D eigenvalue weighted by atomic mass is 10.0. The van der Waals surface area contributed by atoms with Crippen LogP contribution in [0, 0.1) is 5.92 Å². The normalized spacial score (nSPS) is 19.2. The van der Waals surface area contributed by atoms with Gasteiger partial charge in [0, 0.05) is 38.4 Å². The number of nitrogens with zero attached hydrogens (tertiary/aromatic N) is 1. The number of anilines is 1. The van der Waals surface area contributed by atoms with E-state index in [1.807, 2.05) is 24.0 Å². The highest BCUT2D eigenvalue weighted by Gasteiger charge is 2.46. The number of carbonyl (C=O) groups is 1. The number of hydrogen-bond acceptors (Lipinski definition) is 5. The van der Waals surface area contributed by atoms with E-state index < -0.39 is 0 Å². The minimum atomic E-state index is -0.273. The standard InChI is InChI=1S/C27H32N2O3S/c1-18(32-3)26(28)15-29(27(30)25-14-24(25)22-12-13-33-17-22)23-10-8-21(9-11-23)20-6-4-19(5-7-20)16-31-2/h4-13,17-18,24-26H,14-16,28H2,1-3H3/t18-,24+,25-,26-/m1/s1. The molecule has 3 aromatic rings. The molecule has 0 bridgehead atoms. The molecular formula is C27H32N2O3S. The Bertz CT molecular complexity index is 1030. The molecule has 1 aliphatic carbocycles. The van der Waals surface area contributed by atoms with Crippen molar-refractivity contribution in [3.05, 3.63) is 76.5 Å². The summed E-state index contributed by atoms with van der Waals surface area (Å²) in [6.07, 6.45) is 0.754. The van der Waals surface area contributed by atoms with E-state index in [9.17, 15) is 4.79 Å². The highest BCUT2D eigenvalue weighted by Crippen LogP contribution is 2.49. The monoisotopic (exact) mass is 464 g/mol. The summed E-state index contributed by atoms with van der Waals surface area (Å²) in [5, 5.41) is 4.22. The van der Waals surface area contributed by atoms with Crippen molar-refractivity contribution < 1.29 is 14.3 Å². The van der Waals surface area contributed by atoms with Crippen LogP contribution in [0.1, 0.15) is 30.4 Å². The maximum atomic E-state index is 13.5. The molecule has 4 atom stereocenters. The molecule has 0 unspecified atom stereocenters. The summed E-state index contributed by atoms with van der Waals surface area (Å²) < 4.78 is 10.6. The van der Waals surface area contributed by atoms with E-state index in [0.717, 1.165) is 28.8 Å². The van der Waals surface area contributed by atoms with E-state index in [1.165, 1.54) is 5.56 Å². The Kier molecular flexibility index (Phi) is 7.60. The third-order valence-electron chi connectivity index (χ3n) is 6.49. The number of benzene rings is 2. The molecular weight excluding hydrogens is 432 g/mol. The summed E-state index contributed by atoms with van der Waals surface area (Å²) in [7, 11) is 3.35. The van der Waals surface area contributed by atoms with Crippen LogP contribution in [0.25, 0.3) is 11.1 Å². The van der Waals surface area contributed by atoms with Crippen molar-refractivity contribution in [1.29, 1.82) is 0 Å². The zero-order chi connectivity index (χ0) is 23.4. The molecule has 33 heavy (non-hydrogen) atoms. The van der Waals surface area contributed by atoms with Crippen molar-refractivity contribution in [2.75, 3.05) is 25.7 Å². The number of methoxy groups -OCH3 is 2. The first-order valence-electron chi connectivity index (χ1n) is 11.3. The summed E-state index contributed by atoms with van der Waals surface area (Å²) in [5.41, 5.74) is 11.9. The van der Waals surface area contributed by atoms with Crippen molar-refractivity contribution in [3.8, 4) is 11.1 Å². The van der Waals surface area contributed by atoms with Crippen LogP contribution in [0.4, 0.5) is 5.69 Å². The van der Waals surface area contributed by atoms with Gasteiger partial charge in [0.1, 0.15) is 0 Å². The highest BCUT2D eigenvalue weighted by molar-refractivity contribution is 7.08. The molecule has 1 saturated carbocycles. The Labute approximate surface area is 200 Å². The summed E-state index contributed by atoms with van der Waals surface area (Å²) in [6, 6.07) is 18.4. The maximum absolute atomic E-state index is 13.5. The molecule has 0 spiro atoms. The fourth-order valence-electron chi connectivity index (χ4n) is 4.17. The van der Waals surface area contributed by atoms with Crippen LogP contribution in [0.3, 0.4) is 0 Å². The largest absolute Gasteiger partial charge is 0.380 e. The number of nitrogens with two attached hydrogens (primary N) is 1. The predicted octanol–water partition coefficient (Wildman–Crippen LogP) is 5.06. The fraction of sp³-hybridized carbons (Fsp3) is 0.370. The summed E-state index contributed by atoms with van der Waals surface area (Å²) >= 11 is 1.68. The van der Waals surface area contributed by atoms with Gasteiger partial charge in [-0.3, -0.25) is 4.79 Å². The molecule has 4 rings (SSSR count). The van der Waals surface area contributed by atoms with Crippen molar-refractivity contribution in [3.63, 3.8) is 0 Å². The first-order chi connectivity index (χ1) is 16.0. The summed E-state index contributed by atoms with van der Waals surface area (Å²) in [5.74, 6) is 0.464. The van der Waals surface area contributed by atoms with E-state index in [-0.39, 0.29) is 24.0 Å². The van der Waals surface area contributed by atoms with Crippen molar-refractivity contribution in [1.82, 2.24) is 0 Å². The van der Waals surface area contributed by atoms with E-state index in [0.29, 0.717) is 19.1 Å². The first kappa shape index (κ1) is 23.6. The average Bonchev–Trinajstić information content (AvgIpc) is 3.46. The van der Waals surface area contributed by atoms with Crippen molar-refractivity contribution in [2.24, 2.45) is 11.7 Å². The van der Waals surface area contributed by atoms with Gasteiger partial charge in [-0.05, 0) is 70.5 Å². The van der Waals surface area contributed by atoms with Crippen LogP contribution < -0.4 is 10.6 Å². The minimum Gasteiger partial charge on any atom is -0.380 e. The topological polar surface area (TPSA) is 64.8 Å². The fourth-order valence-corrected chi connectivity index (χ4v) is 4.90. The molecule has 2 N–H and O–H groups in total. The zero-order valence-corrected chi connectivity index (χ0v) is 20.3. The Morgan fingerprint density at radius 1 is 1.09 bits per heavy atom. The van der Waals surface area contributed by atoms with Crippen LogP contribution in [0.2, 0.25) is 0 Å². The predicted molar refractivity (Wildman–Crippen MR) is 135 cm³/mol. The number of rotatable bonds is 10. The minimum absolute atomic E-state index is 0.0117. The van der Waals surface area contributed by atoms with Gasteiger partial charge in [-0.1, -0.05) is 36.4 Å². The lowest BCUT2D eigenvalue weighted by Crippen LogP contribution is -2.47. The number of thiophene rings is 1. The molecule has 6 heteroatoms. The van der Waals surface area contributed by atoms with Gasteiger partial charge in [-0.25, -0.2) is 0 Å². The van der Waals surface area contributed by atoms with Crippen LogP contribution in [-0.2, 0) is 20.9 Å². The van der Waals surface area contributed by atoms with Crippen LogP contribution >= 0.6 is 11.3 Å².